The maximum absolute atomic E-state index is 12.7. The molecule has 1 aromatic heterocycles. The molecule has 0 aliphatic carbocycles. The normalized spacial score (nSPS) is 15.7. The molecule has 2 aromatic rings. The smallest absolute Gasteiger partial charge is 0.345 e. The van der Waals surface area contributed by atoms with Gasteiger partial charge in [-0.1, -0.05) is 0 Å². The molecule has 0 saturated carbocycles. The molecule has 1 fully saturated rings. The van der Waals surface area contributed by atoms with E-state index in [0.717, 1.165) is 11.3 Å². The van der Waals surface area contributed by atoms with Gasteiger partial charge in [-0.15, -0.1) is 11.3 Å². The molecular weight excluding hydrogens is 372 g/mol. The van der Waals surface area contributed by atoms with Crippen LogP contribution in [-0.2, 0) is 0 Å². The summed E-state index contributed by atoms with van der Waals surface area (Å²) in [5.74, 6) is -0.189. The van der Waals surface area contributed by atoms with Crippen LogP contribution < -0.4 is 9.47 Å². The number of aromatic carboxylic acids is 1. The van der Waals surface area contributed by atoms with Crippen molar-refractivity contribution in [1.29, 1.82) is 0 Å². The molecular formula is C18H16N2O6S. The third-order valence-corrected chi connectivity index (χ3v) is 5.56. The van der Waals surface area contributed by atoms with Crippen LogP contribution in [0.3, 0.4) is 0 Å². The van der Waals surface area contributed by atoms with E-state index in [0.29, 0.717) is 48.1 Å². The number of rotatable bonds is 3. The van der Waals surface area contributed by atoms with Gasteiger partial charge in [-0.05, 0) is 30.3 Å². The van der Waals surface area contributed by atoms with Crippen molar-refractivity contribution in [1.82, 2.24) is 9.80 Å². The topological polar surface area (TPSA) is 96.4 Å². The van der Waals surface area contributed by atoms with Gasteiger partial charge >= 0.3 is 5.97 Å². The summed E-state index contributed by atoms with van der Waals surface area (Å²) < 4.78 is 10.6. The number of ether oxygens (including phenoxy) is 2. The summed E-state index contributed by atoms with van der Waals surface area (Å²) in [6.45, 7) is 1.78. The Morgan fingerprint density at radius 2 is 1.48 bits per heavy atom. The Morgan fingerprint density at radius 3 is 2.15 bits per heavy atom. The maximum atomic E-state index is 12.7. The Hall–Kier alpha value is -3.07. The van der Waals surface area contributed by atoms with Gasteiger partial charge in [0.1, 0.15) is 4.88 Å². The number of fused-ring (bicyclic) bond motifs is 1. The van der Waals surface area contributed by atoms with Crippen molar-refractivity contribution in [3.63, 3.8) is 0 Å². The van der Waals surface area contributed by atoms with Gasteiger partial charge in [-0.25, -0.2) is 4.79 Å². The van der Waals surface area contributed by atoms with Gasteiger partial charge in [-0.2, -0.15) is 0 Å². The van der Waals surface area contributed by atoms with E-state index in [1.165, 1.54) is 12.1 Å². The molecule has 0 spiro atoms. The minimum absolute atomic E-state index is 0.121. The highest BCUT2D eigenvalue weighted by atomic mass is 32.1. The lowest BCUT2D eigenvalue weighted by Gasteiger charge is -2.34. The Balaban J connectivity index is 1.38. The van der Waals surface area contributed by atoms with Crippen LogP contribution >= 0.6 is 11.3 Å². The Labute approximate surface area is 158 Å². The molecule has 2 amide bonds. The summed E-state index contributed by atoms with van der Waals surface area (Å²) in [6.07, 6.45) is 0. The van der Waals surface area contributed by atoms with Crippen LogP contribution in [0, 0.1) is 0 Å². The Morgan fingerprint density at radius 1 is 0.852 bits per heavy atom. The van der Waals surface area contributed by atoms with E-state index in [4.69, 9.17) is 14.6 Å². The first-order valence-electron chi connectivity index (χ1n) is 8.34. The van der Waals surface area contributed by atoms with Crippen LogP contribution in [0.25, 0.3) is 0 Å². The minimum Gasteiger partial charge on any atom is -0.477 e. The number of hydrogen-bond donors (Lipinski definition) is 1. The average Bonchev–Trinajstić information content (AvgIpc) is 3.36. The van der Waals surface area contributed by atoms with E-state index < -0.39 is 5.97 Å². The molecule has 3 heterocycles. The highest BCUT2D eigenvalue weighted by molar-refractivity contribution is 7.15. The number of piperazine rings is 1. The molecule has 27 heavy (non-hydrogen) atoms. The fraction of sp³-hybridized carbons (Fsp3) is 0.278. The molecule has 1 saturated heterocycles. The molecule has 1 aromatic carbocycles. The number of hydrogen-bond acceptors (Lipinski definition) is 6. The van der Waals surface area contributed by atoms with Crippen molar-refractivity contribution in [2.75, 3.05) is 33.0 Å². The Kier molecular flexibility index (Phi) is 4.44. The lowest BCUT2D eigenvalue weighted by molar-refractivity contribution is 0.0538. The van der Waals surface area contributed by atoms with Gasteiger partial charge in [0.25, 0.3) is 11.8 Å². The fourth-order valence-corrected chi connectivity index (χ4v) is 3.86. The van der Waals surface area contributed by atoms with E-state index in [-0.39, 0.29) is 23.5 Å². The zero-order valence-electron chi connectivity index (χ0n) is 14.2. The molecule has 1 N–H and O–H groups in total. The minimum atomic E-state index is -1.04. The first kappa shape index (κ1) is 17.3. The molecule has 9 heteroatoms. The summed E-state index contributed by atoms with van der Waals surface area (Å²) >= 11 is 0.961. The first-order valence-corrected chi connectivity index (χ1v) is 9.16. The second kappa shape index (κ2) is 6.92. The number of carboxylic acids is 1. The third kappa shape index (κ3) is 3.33. The number of amides is 2. The van der Waals surface area contributed by atoms with E-state index in [1.807, 2.05) is 0 Å². The summed E-state index contributed by atoms with van der Waals surface area (Å²) in [4.78, 5) is 40.0. The van der Waals surface area contributed by atoms with E-state index in [2.05, 4.69) is 0 Å². The van der Waals surface area contributed by atoms with E-state index >= 15 is 0 Å². The van der Waals surface area contributed by atoms with Crippen LogP contribution in [0.15, 0.2) is 30.3 Å². The van der Waals surface area contributed by atoms with E-state index in [1.54, 1.807) is 28.0 Å². The van der Waals surface area contributed by atoms with Gasteiger partial charge in [0, 0.05) is 31.7 Å². The zero-order valence-corrected chi connectivity index (χ0v) is 15.0. The van der Waals surface area contributed by atoms with Crippen molar-refractivity contribution in [2.24, 2.45) is 0 Å². The van der Waals surface area contributed by atoms with Crippen LogP contribution in [0.5, 0.6) is 11.5 Å². The molecule has 0 unspecified atom stereocenters. The number of carboxylic acid groups (broad SMARTS) is 1. The van der Waals surface area contributed by atoms with Gasteiger partial charge in [0.2, 0.25) is 6.79 Å². The van der Waals surface area contributed by atoms with Gasteiger partial charge in [-0.3, -0.25) is 9.59 Å². The largest absolute Gasteiger partial charge is 0.477 e. The summed E-state index contributed by atoms with van der Waals surface area (Å²) in [6, 6.07) is 8.04. The summed E-state index contributed by atoms with van der Waals surface area (Å²) in [5.41, 5.74) is 0.517. The van der Waals surface area contributed by atoms with Crippen LogP contribution in [-0.4, -0.2) is 65.7 Å². The Bertz CT molecular complexity index is 916. The van der Waals surface area contributed by atoms with Gasteiger partial charge < -0.3 is 24.4 Å². The van der Waals surface area contributed by atoms with Crippen molar-refractivity contribution in [3.05, 3.63) is 45.6 Å². The van der Waals surface area contributed by atoms with E-state index in [9.17, 15) is 14.4 Å². The molecule has 0 atom stereocenters. The van der Waals surface area contributed by atoms with Crippen LogP contribution in [0.2, 0.25) is 0 Å². The zero-order chi connectivity index (χ0) is 19.0. The number of thiophene rings is 1. The lowest BCUT2D eigenvalue weighted by atomic mass is 10.1. The fourth-order valence-electron chi connectivity index (χ4n) is 3.05. The summed E-state index contributed by atoms with van der Waals surface area (Å²) in [7, 11) is 0. The van der Waals surface area contributed by atoms with Gasteiger partial charge in [0.05, 0.1) is 4.88 Å². The third-order valence-electron chi connectivity index (χ3n) is 4.50. The van der Waals surface area contributed by atoms with Crippen molar-refractivity contribution in [3.8, 4) is 11.5 Å². The van der Waals surface area contributed by atoms with Crippen LogP contribution in [0.4, 0.5) is 0 Å². The molecule has 2 aliphatic rings. The number of benzene rings is 1. The monoisotopic (exact) mass is 388 g/mol. The van der Waals surface area contributed by atoms with Gasteiger partial charge in [0.15, 0.2) is 11.5 Å². The quantitative estimate of drug-likeness (QED) is 0.861. The molecule has 0 radical (unpaired) electrons. The van der Waals surface area contributed by atoms with Crippen LogP contribution in [0.1, 0.15) is 29.7 Å². The molecule has 4 rings (SSSR count). The average molecular weight is 388 g/mol. The molecule has 0 bridgehead atoms. The van der Waals surface area contributed by atoms with Crippen molar-refractivity contribution < 1.29 is 29.0 Å². The molecule has 8 nitrogen and oxygen atoms in total. The molecule has 2 aliphatic heterocycles. The second-order valence-electron chi connectivity index (χ2n) is 6.12. The highest BCUT2D eigenvalue weighted by Crippen LogP contribution is 2.33. The highest BCUT2D eigenvalue weighted by Gasteiger charge is 2.27. The number of carbonyl (C=O) groups excluding carboxylic acids is 2. The summed E-state index contributed by atoms with van der Waals surface area (Å²) in [5, 5.41) is 8.98. The van der Waals surface area contributed by atoms with Crippen molar-refractivity contribution >= 4 is 29.1 Å². The number of nitrogens with zero attached hydrogens (tertiary/aromatic N) is 2. The standard InChI is InChI=1S/C18H16N2O6S/c21-16(11-1-2-12-13(9-11)26-10-25-12)19-5-7-20(8-6-19)17(22)14-3-4-15(27-14)18(23)24/h1-4,9H,5-8,10H2,(H,23,24). The predicted molar refractivity (Wildman–Crippen MR) is 95.7 cm³/mol. The second-order valence-corrected chi connectivity index (χ2v) is 7.21. The maximum Gasteiger partial charge on any atom is 0.345 e. The lowest BCUT2D eigenvalue weighted by Crippen LogP contribution is -2.50. The first-order chi connectivity index (χ1) is 13.0. The predicted octanol–water partition coefficient (Wildman–Crippen LogP) is 1.77. The number of carbonyl (C=O) groups is 3. The van der Waals surface area contributed by atoms with Crippen molar-refractivity contribution in [2.45, 2.75) is 0 Å². The molecule has 140 valence electrons. The SMILES string of the molecule is O=C(O)c1ccc(C(=O)N2CCN(C(=O)c3ccc4c(c3)OCO4)CC2)s1.